The van der Waals surface area contributed by atoms with Crippen LogP contribution >= 0.6 is 11.3 Å². The first-order chi connectivity index (χ1) is 24.1. The van der Waals surface area contributed by atoms with Crippen LogP contribution in [0.25, 0.3) is 67.1 Å². The third kappa shape index (κ3) is 6.33. The molecule has 6 heterocycles. The van der Waals surface area contributed by atoms with Gasteiger partial charge in [-0.3, -0.25) is 4.98 Å². The molecule has 2 N–H and O–H groups in total. The van der Waals surface area contributed by atoms with Crippen molar-refractivity contribution in [2.24, 2.45) is 0 Å². The fraction of sp³-hybridized carbons (Fsp3) is 0.0500. The van der Waals surface area contributed by atoms with Gasteiger partial charge >= 0.3 is 0 Å². The van der Waals surface area contributed by atoms with Crippen LogP contribution in [0.15, 0.2) is 145 Å². The summed E-state index contributed by atoms with van der Waals surface area (Å²) in [5.74, 6) is 0. The summed E-state index contributed by atoms with van der Waals surface area (Å²) in [5, 5.41) is 21.7. The van der Waals surface area contributed by atoms with Gasteiger partial charge in [0.25, 0.3) is 0 Å². The van der Waals surface area contributed by atoms with E-state index in [9.17, 15) is 10.2 Å². The van der Waals surface area contributed by atoms with Gasteiger partial charge in [-0.15, -0.1) is 11.3 Å². The number of thiazole rings is 1. The van der Waals surface area contributed by atoms with E-state index in [-0.39, 0.29) is 13.2 Å². The van der Waals surface area contributed by atoms with Crippen LogP contribution in [0.5, 0.6) is 0 Å². The van der Waals surface area contributed by atoms with Crippen molar-refractivity contribution in [2.75, 3.05) is 0 Å². The molecule has 0 amide bonds. The Bertz CT molecular complexity index is 2550. The predicted molar refractivity (Wildman–Crippen MR) is 195 cm³/mol. The summed E-state index contributed by atoms with van der Waals surface area (Å²) >= 11 is 1.56. The topological polar surface area (TPSA) is 101 Å². The van der Waals surface area contributed by atoms with Crippen LogP contribution < -0.4 is 0 Å². The number of aliphatic hydroxyl groups excluding tert-OH is 2. The third-order valence-corrected chi connectivity index (χ3v) is 8.96. The zero-order valence-corrected chi connectivity index (χ0v) is 27.1. The maximum atomic E-state index is 9.36. The van der Waals surface area contributed by atoms with Gasteiger partial charge < -0.3 is 19.0 Å². The summed E-state index contributed by atoms with van der Waals surface area (Å²) < 4.78 is 4.04. The minimum absolute atomic E-state index is 0.0419. The molecular weight excluding hydrogens is 629 g/mol. The zero-order chi connectivity index (χ0) is 33.2. The van der Waals surface area contributed by atoms with E-state index < -0.39 is 0 Å². The number of aromatic nitrogens is 6. The van der Waals surface area contributed by atoms with Crippen molar-refractivity contribution < 1.29 is 10.2 Å². The molecule has 0 saturated carbocycles. The molecule has 0 aliphatic rings. The molecule has 238 valence electrons. The molecule has 8 nitrogen and oxygen atoms in total. The third-order valence-electron chi connectivity index (χ3n) is 8.37. The van der Waals surface area contributed by atoms with Crippen LogP contribution in [-0.4, -0.2) is 39.0 Å². The average Bonchev–Trinajstić information content (AvgIpc) is 3.95. The lowest BCUT2D eigenvalue weighted by atomic mass is 10.1. The number of fused-ring (bicyclic) bond motifs is 3. The van der Waals surface area contributed by atoms with Crippen LogP contribution in [-0.2, 0) is 13.2 Å². The fourth-order valence-corrected chi connectivity index (χ4v) is 6.38. The lowest BCUT2D eigenvalue weighted by Gasteiger charge is -2.04. The highest BCUT2D eigenvalue weighted by molar-refractivity contribution is 7.07. The van der Waals surface area contributed by atoms with Gasteiger partial charge in [0.1, 0.15) is 22.7 Å². The number of benzene rings is 3. The van der Waals surface area contributed by atoms with E-state index in [4.69, 9.17) is 4.98 Å². The Balaban J connectivity index is 0.000000145. The Morgan fingerprint density at radius 3 is 1.80 bits per heavy atom. The van der Waals surface area contributed by atoms with Crippen molar-refractivity contribution in [3.8, 4) is 44.9 Å². The van der Waals surface area contributed by atoms with Gasteiger partial charge in [0, 0.05) is 47.3 Å². The Kier molecular flexibility index (Phi) is 8.20. The summed E-state index contributed by atoms with van der Waals surface area (Å²) in [5.41, 5.74) is 14.4. The van der Waals surface area contributed by atoms with Crippen molar-refractivity contribution in [2.45, 2.75) is 13.2 Å². The number of imidazole rings is 2. The highest BCUT2D eigenvalue weighted by Gasteiger charge is 2.09. The quantitative estimate of drug-likeness (QED) is 0.186. The second-order valence-electron chi connectivity index (χ2n) is 11.6. The van der Waals surface area contributed by atoms with Gasteiger partial charge in [-0.2, -0.15) is 0 Å². The number of nitrogens with zero attached hydrogens (tertiary/aromatic N) is 6. The molecule has 9 rings (SSSR count). The van der Waals surface area contributed by atoms with Gasteiger partial charge in [0.15, 0.2) is 0 Å². The van der Waals surface area contributed by atoms with E-state index in [1.165, 1.54) is 0 Å². The normalized spacial score (nSPS) is 11.2. The molecule has 0 bridgehead atoms. The standard InChI is InChI=1S/C23H17N3O.C17H13N3OS/c27-15-16-4-3-6-17(10-16)19-8-9-23-25-22(14-26(23)13-19)20-11-18-5-1-2-7-21(18)24-12-20;21-9-12-2-1-3-13(6-12)14-4-5-17-19-15(8-20(17)7-14)16-10-22-11-18-16/h1-14,27H,15H2;1-8,10-11,21H,9H2. The van der Waals surface area contributed by atoms with E-state index in [1.54, 1.807) is 11.3 Å². The van der Waals surface area contributed by atoms with Gasteiger partial charge in [-0.05, 0) is 81.9 Å². The summed E-state index contributed by atoms with van der Waals surface area (Å²) in [4.78, 5) is 18.2. The number of rotatable bonds is 6. The maximum absolute atomic E-state index is 9.36. The van der Waals surface area contributed by atoms with E-state index in [1.807, 2.05) is 123 Å². The molecule has 0 atom stereocenters. The first-order valence-corrected chi connectivity index (χ1v) is 16.7. The summed E-state index contributed by atoms with van der Waals surface area (Å²) in [6, 6.07) is 34.2. The lowest BCUT2D eigenvalue weighted by Crippen LogP contribution is -1.87. The highest BCUT2D eigenvalue weighted by Crippen LogP contribution is 2.27. The first-order valence-electron chi connectivity index (χ1n) is 15.7. The SMILES string of the molecule is OCc1cccc(-c2ccc3nc(-c4cnc5ccccc5c4)cn3c2)c1.OCc1cccc(-c2ccc3nc(-c4cscn4)cn3c2)c1. The molecular formula is C40H30N6O2S. The molecule has 9 aromatic rings. The van der Waals surface area contributed by atoms with E-state index in [2.05, 4.69) is 45.5 Å². The second kappa shape index (κ2) is 13.2. The van der Waals surface area contributed by atoms with Gasteiger partial charge in [0.2, 0.25) is 0 Å². The van der Waals surface area contributed by atoms with Crippen LogP contribution in [0.2, 0.25) is 0 Å². The highest BCUT2D eigenvalue weighted by atomic mass is 32.1. The van der Waals surface area contributed by atoms with Crippen molar-refractivity contribution >= 4 is 33.5 Å². The Morgan fingerprint density at radius 1 is 0.531 bits per heavy atom. The van der Waals surface area contributed by atoms with Crippen molar-refractivity contribution in [3.63, 3.8) is 0 Å². The maximum Gasteiger partial charge on any atom is 0.137 e. The van der Waals surface area contributed by atoms with Crippen LogP contribution in [0, 0.1) is 0 Å². The van der Waals surface area contributed by atoms with E-state index in [0.29, 0.717) is 0 Å². The second-order valence-corrected chi connectivity index (χ2v) is 12.3. The molecule has 0 spiro atoms. The van der Waals surface area contributed by atoms with Crippen molar-refractivity contribution in [1.82, 2.24) is 28.7 Å². The zero-order valence-electron chi connectivity index (χ0n) is 26.3. The Morgan fingerprint density at radius 2 is 1.16 bits per heavy atom. The smallest absolute Gasteiger partial charge is 0.137 e. The van der Waals surface area contributed by atoms with E-state index >= 15 is 0 Å². The first kappa shape index (κ1) is 30.3. The Hall–Kier alpha value is -6.00. The largest absolute Gasteiger partial charge is 0.392 e. The van der Waals surface area contributed by atoms with Crippen LogP contribution in [0.4, 0.5) is 0 Å². The van der Waals surface area contributed by atoms with Gasteiger partial charge in [-0.25, -0.2) is 15.0 Å². The molecule has 0 saturated heterocycles. The number of hydrogen-bond donors (Lipinski definition) is 2. The number of hydrogen-bond acceptors (Lipinski definition) is 7. The minimum atomic E-state index is 0.0419. The number of aliphatic hydroxyl groups is 2. The molecule has 9 heteroatoms. The molecule has 49 heavy (non-hydrogen) atoms. The molecule has 0 unspecified atom stereocenters. The Labute approximate surface area is 285 Å². The lowest BCUT2D eigenvalue weighted by molar-refractivity contribution is 0.281. The molecule has 6 aromatic heterocycles. The number of para-hydroxylation sites is 1. The van der Waals surface area contributed by atoms with Gasteiger partial charge in [0.05, 0.1) is 29.9 Å². The monoisotopic (exact) mass is 658 g/mol. The molecule has 0 aliphatic heterocycles. The van der Waals surface area contributed by atoms with E-state index in [0.717, 1.165) is 78.2 Å². The van der Waals surface area contributed by atoms with Crippen LogP contribution in [0.3, 0.4) is 0 Å². The molecule has 0 radical (unpaired) electrons. The fourth-order valence-electron chi connectivity index (χ4n) is 5.84. The van der Waals surface area contributed by atoms with Gasteiger partial charge in [-0.1, -0.05) is 54.6 Å². The molecule has 0 aliphatic carbocycles. The van der Waals surface area contributed by atoms with Crippen LogP contribution in [0.1, 0.15) is 11.1 Å². The molecule has 3 aromatic carbocycles. The summed E-state index contributed by atoms with van der Waals surface area (Å²) in [7, 11) is 0. The number of pyridine rings is 3. The van der Waals surface area contributed by atoms with Crippen molar-refractivity contribution in [1.29, 1.82) is 0 Å². The van der Waals surface area contributed by atoms with Crippen molar-refractivity contribution in [3.05, 3.63) is 156 Å². The summed E-state index contributed by atoms with van der Waals surface area (Å²) in [6.07, 6.45) is 10.0. The summed E-state index contributed by atoms with van der Waals surface area (Å²) in [6.45, 7) is 0.0927. The molecule has 0 fully saturated rings. The average molecular weight is 659 g/mol. The minimum Gasteiger partial charge on any atom is -0.392 e. The predicted octanol–water partition coefficient (Wildman–Crippen LogP) is 8.33.